The predicted octanol–water partition coefficient (Wildman–Crippen LogP) is 2.62. The number of hydrogen-bond acceptors (Lipinski definition) is 4. The Kier molecular flexibility index (Phi) is 5.26. The monoisotopic (exact) mass is 314 g/mol. The van der Waals surface area contributed by atoms with Gasteiger partial charge in [-0.1, -0.05) is 17.7 Å². The first kappa shape index (κ1) is 16.9. The number of benzene rings is 1. The molecule has 1 aromatic rings. The predicted molar refractivity (Wildman–Crippen MR) is 76.5 cm³/mol. The maximum Gasteiger partial charge on any atom is 0.303 e. The topological polar surface area (TPSA) is 110 Å². The van der Waals surface area contributed by atoms with Crippen LogP contribution < -0.4 is 5.32 Å². The van der Waals surface area contributed by atoms with Gasteiger partial charge in [0.05, 0.1) is 9.95 Å². The lowest BCUT2D eigenvalue weighted by molar-refractivity contribution is -0.385. The van der Waals surface area contributed by atoms with Gasteiger partial charge in [0, 0.05) is 18.0 Å². The average molecular weight is 315 g/mol. The van der Waals surface area contributed by atoms with Crippen molar-refractivity contribution in [3.8, 4) is 0 Å². The summed E-state index contributed by atoms with van der Waals surface area (Å²) in [6, 6.07) is 3.95. The zero-order valence-electron chi connectivity index (χ0n) is 11.6. The molecule has 0 aliphatic heterocycles. The molecule has 0 bridgehead atoms. The maximum absolute atomic E-state index is 12.2. The summed E-state index contributed by atoms with van der Waals surface area (Å²) >= 11 is 5.87. The largest absolute Gasteiger partial charge is 0.481 e. The van der Waals surface area contributed by atoms with Gasteiger partial charge in [0.25, 0.3) is 11.6 Å². The second kappa shape index (κ2) is 6.53. The highest BCUT2D eigenvalue weighted by atomic mass is 35.5. The number of nitro benzene ring substituents is 1. The van der Waals surface area contributed by atoms with Crippen molar-refractivity contribution in [1.29, 1.82) is 0 Å². The van der Waals surface area contributed by atoms with Crippen molar-refractivity contribution < 1.29 is 19.6 Å². The number of nitro groups is 1. The normalized spacial score (nSPS) is 11.0. The molecule has 0 spiro atoms. The molecule has 0 aromatic heterocycles. The van der Waals surface area contributed by atoms with Crippen molar-refractivity contribution >= 4 is 29.2 Å². The molecule has 0 saturated heterocycles. The fourth-order valence-electron chi connectivity index (χ4n) is 1.74. The lowest BCUT2D eigenvalue weighted by Crippen LogP contribution is -2.44. The van der Waals surface area contributed by atoms with Crippen LogP contribution in [0.15, 0.2) is 18.2 Å². The molecule has 0 aliphatic carbocycles. The van der Waals surface area contributed by atoms with Crippen LogP contribution in [-0.2, 0) is 4.79 Å². The molecular formula is C13H15ClN2O5. The number of carbonyl (C=O) groups excluding carboxylic acids is 1. The van der Waals surface area contributed by atoms with Gasteiger partial charge in [-0.25, -0.2) is 0 Å². The van der Waals surface area contributed by atoms with Crippen LogP contribution in [0, 0.1) is 10.1 Å². The van der Waals surface area contributed by atoms with Gasteiger partial charge in [0.15, 0.2) is 0 Å². The zero-order chi connectivity index (χ0) is 16.2. The standard InChI is InChI=1S/C13H15ClN2O5/c1-13(2,7-6-10(17)18)15-12(19)11-8(14)4-3-5-9(11)16(20)21/h3-5H,6-7H2,1-2H3,(H,15,19)(H,17,18). The Balaban J connectivity index is 2.99. The molecule has 0 unspecified atom stereocenters. The lowest BCUT2D eigenvalue weighted by Gasteiger charge is -2.25. The number of amides is 1. The van der Waals surface area contributed by atoms with Crippen LogP contribution in [0.25, 0.3) is 0 Å². The second-order valence-corrected chi connectivity index (χ2v) is 5.53. The van der Waals surface area contributed by atoms with Crippen molar-refractivity contribution in [3.63, 3.8) is 0 Å². The Morgan fingerprint density at radius 1 is 1.43 bits per heavy atom. The third kappa shape index (κ3) is 4.71. The van der Waals surface area contributed by atoms with E-state index in [9.17, 15) is 19.7 Å². The SMILES string of the molecule is CC(C)(CCC(=O)O)NC(=O)c1c(Cl)cccc1[N+](=O)[O-]. The molecule has 0 heterocycles. The van der Waals surface area contributed by atoms with E-state index in [1.165, 1.54) is 18.2 Å². The van der Waals surface area contributed by atoms with E-state index in [1.54, 1.807) is 13.8 Å². The van der Waals surface area contributed by atoms with E-state index < -0.39 is 28.0 Å². The molecule has 21 heavy (non-hydrogen) atoms. The van der Waals surface area contributed by atoms with E-state index in [0.29, 0.717) is 0 Å². The molecule has 0 radical (unpaired) electrons. The first-order valence-corrected chi connectivity index (χ1v) is 6.49. The minimum Gasteiger partial charge on any atom is -0.481 e. The van der Waals surface area contributed by atoms with E-state index >= 15 is 0 Å². The fourth-order valence-corrected chi connectivity index (χ4v) is 2.00. The molecule has 7 nitrogen and oxygen atoms in total. The third-order valence-corrected chi connectivity index (χ3v) is 3.15. The molecule has 0 saturated carbocycles. The van der Waals surface area contributed by atoms with Crippen molar-refractivity contribution in [2.24, 2.45) is 0 Å². The summed E-state index contributed by atoms with van der Waals surface area (Å²) in [5, 5.41) is 22.2. The van der Waals surface area contributed by atoms with Crippen LogP contribution in [0.1, 0.15) is 37.0 Å². The van der Waals surface area contributed by atoms with Gasteiger partial charge < -0.3 is 10.4 Å². The highest BCUT2D eigenvalue weighted by molar-refractivity contribution is 6.34. The van der Waals surface area contributed by atoms with Crippen LogP contribution in [0.5, 0.6) is 0 Å². The quantitative estimate of drug-likeness (QED) is 0.619. The van der Waals surface area contributed by atoms with Gasteiger partial charge in [0.2, 0.25) is 0 Å². The van der Waals surface area contributed by atoms with Crippen molar-refractivity contribution in [2.45, 2.75) is 32.2 Å². The lowest BCUT2D eigenvalue weighted by atomic mass is 9.97. The number of aliphatic carboxylic acids is 1. The summed E-state index contributed by atoms with van der Waals surface area (Å²) < 4.78 is 0. The van der Waals surface area contributed by atoms with E-state index in [-0.39, 0.29) is 23.4 Å². The highest BCUT2D eigenvalue weighted by Gasteiger charge is 2.28. The molecule has 0 aliphatic rings. The van der Waals surface area contributed by atoms with E-state index in [4.69, 9.17) is 16.7 Å². The first-order chi connectivity index (χ1) is 9.64. The van der Waals surface area contributed by atoms with Crippen LogP contribution in [-0.4, -0.2) is 27.4 Å². The molecular weight excluding hydrogens is 300 g/mol. The van der Waals surface area contributed by atoms with Crippen molar-refractivity contribution in [1.82, 2.24) is 5.32 Å². The Hall–Kier alpha value is -2.15. The number of hydrogen-bond donors (Lipinski definition) is 2. The summed E-state index contributed by atoms with van der Waals surface area (Å²) in [6.45, 7) is 3.27. The van der Waals surface area contributed by atoms with Crippen molar-refractivity contribution in [3.05, 3.63) is 38.9 Å². The molecule has 1 amide bonds. The van der Waals surface area contributed by atoms with Gasteiger partial charge in [-0.15, -0.1) is 0 Å². The number of nitrogens with one attached hydrogen (secondary N) is 1. The molecule has 8 heteroatoms. The van der Waals surface area contributed by atoms with Crippen molar-refractivity contribution in [2.75, 3.05) is 0 Å². The van der Waals surface area contributed by atoms with E-state index in [0.717, 1.165) is 0 Å². The van der Waals surface area contributed by atoms with Crippen LogP contribution in [0.4, 0.5) is 5.69 Å². The first-order valence-electron chi connectivity index (χ1n) is 6.11. The van der Waals surface area contributed by atoms with Crippen LogP contribution in [0.2, 0.25) is 5.02 Å². The molecule has 2 N–H and O–H groups in total. The van der Waals surface area contributed by atoms with Crippen LogP contribution >= 0.6 is 11.6 Å². The number of rotatable bonds is 6. The number of carboxylic acid groups (broad SMARTS) is 1. The number of carbonyl (C=O) groups is 2. The zero-order valence-corrected chi connectivity index (χ0v) is 12.3. The van der Waals surface area contributed by atoms with Gasteiger partial charge in [-0.05, 0) is 26.3 Å². The minimum absolute atomic E-state index is 0.0317. The molecule has 1 rings (SSSR count). The number of halogens is 1. The summed E-state index contributed by atoms with van der Waals surface area (Å²) in [7, 11) is 0. The molecule has 1 aromatic carbocycles. The molecule has 0 atom stereocenters. The molecule has 0 fully saturated rings. The Labute approximate surface area is 126 Å². The summed E-state index contributed by atoms with van der Waals surface area (Å²) in [4.78, 5) is 33.0. The van der Waals surface area contributed by atoms with E-state index in [2.05, 4.69) is 5.32 Å². The average Bonchev–Trinajstić information content (AvgIpc) is 2.35. The number of carboxylic acids is 1. The van der Waals surface area contributed by atoms with Crippen LogP contribution in [0.3, 0.4) is 0 Å². The number of nitrogens with zero attached hydrogens (tertiary/aromatic N) is 1. The Morgan fingerprint density at radius 3 is 2.57 bits per heavy atom. The summed E-state index contributed by atoms with van der Waals surface area (Å²) in [6.07, 6.45) is 0.0597. The van der Waals surface area contributed by atoms with Gasteiger partial charge in [-0.2, -0.15) is 0 Å². The van der Waals surface area contributed by atoms with Gasteiger partial charge >= 0.3 is 5.97 Å². The minimum atomic E-state index is -0.985. The van der Waals surface area contributed by atoms with Gasteiger partial charge in [0.1, 0.15) is 5.56 Å². The fraction of sp³-hybridized carbons (Fsp3) is 0.385. The smallest absolute Gasteiger partial charge is 0.303 e. The van der Waals surface area contributed by atoms with Gasteiger partial charge in [-0.3, -0.25) is 19.7 Å². The maximum atomic E-state index is 12.2. The summed E-state index contributed by atoms with van der Waals surface area (Å²) in [5.41, 5.74) is -1.45. The Morgan fingerprint density at radius 2 is 2.05 bits per heavy atom. The Bertz CT molecular complexity index is 586. The third-order valence-electron chi connectivity index (χ3n) is 2.83. The molecule has 114 valence electrons. The second-order valence-electron chi connectivity index (χ2n) is 5.12. The highest BCUT2D eigenvalue weighted by Crippen LogP contribution is 2.27. The van der Waals surface area contributed by atoms with E-state index in [1.807, 2.05) is 0 Å². The summed E-state index contributed by atoms with van der Waals surface area (Å²) in [5.74, 6) is -1.69.